The number of benzene rings is 1. The molecule has 2 aliphatic heterocycles. The lowest BCUT2D eigenvalue weighted by Crippen LogP contribution is -2.41. The highest BCUT2D eigenvalue weighted by molar-refractivity contribution is 5.89. The lowest BCUT2D eigenvalue weighted by atomic mass is 9.84. The molecule has 2 aliphatic rings. The molecule has 0 spiro atoms. The van der Waals surface area contributed by atoms with E-state index >= 15 is 0 Å². The molecule has 0 saturated carbocycles. The van der Waals surface area contributed by atoms with Gasteiger partial charge in [0.2, 0.25) is 5.91 Å². The van der Waals surface area contributed by atoms with Gasteiger partial charge in [0.1, 0.15) is 5.82 Å². The van der Waals surface area contributed by atoms with Crippen molar-refractivity contribution in [3.8, 4) is 0 Å². The van der Waals surface area contributed by atoms with Gasteiger partial charge in [-0.3, -0.25) is 4.79 Å². The number of hydrogen-bond donors (Lipinski definition) is 3. The summed E-state index contributed by atoms with van der Waals surface area (Å²) in [5.41, 5.74) is 0.538. The molecule has 1 aromatic rings. The summed E-state index contributed by atoms with van der Waals surface area (Å²) in [7, 11) is 0. The molecule has 27 heavy (non-hydrogen) atoms. The van der Waals surface area contributed by atoms with Gasteiger partial charge < -0.3 is 20.9 Å². The Morgan fingerprint density at radius 1 is 1.22 bits per heavy atom. The first kappa shape index (κ1) is 19.6. The van der Waals surface area contributed by atoms with E-state index in [-0.39, 0.29) is 23.8 Å². The van der Waals surface area contributed by atoms with Crippen LogP contribution < -0.4 is 16.0 Å². The molecule has 2 atom stereocenters. The average molecular weight is 376 g/mol. The van der Waals surface area contributed by atoms with E-state index < -0.39 is 0 Å². The van der Waals surface area contributed by atoms with Crippen LogP contribution in [0.1, 0.15) is 32.6 Å². The SMILES string of the molecule is CC(CC(=O)N1CCC(NC(=O)Nc2ccc(F)cc2)C1)C1CCNCC1. The van der Waals surface area contributed by atoms with Gasteiger partial charge in [-0.1, -0.05) is 6.92 Å². The van der Waals surface area contributed by atoms with Crippen LogP contribution in [0.25, 0.3) is 0 Å². The number of nitrogens with one attached hydrogen (secondary N) is 3. The molecule has 7 heteroatoms. The molecule has 0 aromatic heterocycles. The van der Waals surface area contributed by atoms with Crippen LogP contribution in [0.4, 0.5) is 14.9 Å². The molecule has 148 valence electrons. The maximum absolute atomic E-state index is 12.9. The number of carbonyl (C=O) groups is 2. The minimum absolute atomic E-state index is 0.0522. The number of nitrogens with zero attached hydrogens (tertiary/aromatic N) is 1. The lowest BCUT2D eigenvalue weighted by molar-refractivity contribution is -0.131. The van der Waals surface area contributed by atoms with Gasteiger partial charge in [0, 0.05) is 31.2 Å². The Labute approximate surface area is 159 Å². The number of halogens is 1. The minimum atomic E-state index is -0.343. The summed E-state index contributed by atoms with van der Waals surface area (Å²) >= 11 is 0. The van der Waals surface area contributed by atoms with E-state index in [1.807, 2.05) is 4.90 Å². The van der Waals surface area contributed by atoms with Gasteiger partial charge >= 0.3 is 6.03 Å². The second-order valence-electron chi connectivity index (χ2n) is 7.70. The quantitative estimate of drug-likeness (QED) is 0.740. The molecule has 3 N–H and O–H groups in total. The molecule has 0 radical (unpaired) electrons. The van der Waals surface area contributed by atoms with Crippen molar-refractivity contribution in [1.29, 1.82) is 0 Å². The Balaban J connectivity index is 1.41. The molecule has 3 amide bonds. The Morgan fingerprint density at radius 3 is 2.63 bits per heavy atom. The number of carbonyl (C=O) groups excluding carboxylic acids is 2. The van der Waals surface area contributed by atoms with Crippen molar-refractivity contribution in [1.82, 2.24) is 15.5 Å². The summed E-state index contributed by atoms with van der Waals surface area (Å²) in [4.78, 5) is 26.5. The van der Waals surface area contributed by atoms with Gasteiger partial charge in [0.15, 0.2) is 0 Å². The largest absolute Gasteiger partial charge is 0.341 e. The molecule has 0 bridgehead atoms. The number of piperidine rings is 1. The zero-order valence-corrected chi connectivity index (χ0v) is 15.8. The number of anilines is 1. The van der Waals surface area contributed by atoms with Crippen LogP contribution in [0.5, 0.6) is 0 Å². The van der Waals surface area contributed by atoms with Crippen LogP contribution in [0.15, 0.2) is 24.3 Å². The molecule has 1 aromatic carbocycles. The summed E-state index contributed by atoms with van der Waals surface area (Å²) in [5.74, 6) is 0.857. The van der Waals surface area contributed by atoms with Crippen molar-refractivity contribution in [2.75, 3.05) is 31.5 Å². The normalized spacial score (nSPS) is 21.7. The van der Waals surface area contributed by atoms with E-state index in [0.29, 0.717) is 37.0 Å². The Bertz CT molecular complexity index is 646. The summed E-state index contributed by atoms with van der Waals surface area (Å²) < 4.78 is 12.9. The monoisotopic (exact) mass is 376 g/mol. The maximum Gasteiger partial charge on any atom is 0.319 e. The predicted molar refractivity (Wildman–Crippen MR) is 103 cm³/mol. The number of rotatable bonds is 5. The van der Waals surface area contributed by atoms with Crippen molar-refractivity contribution in [3.63, 3.8) is 0 Å². The van der Waals surface area contributed by atoms with Gasteiger partial charge in [-0.25, -0.2) is 9.18 Å². The summed E-state index contributed by atoms with van der Waals surface area (Å²) in [6, 6.07) is 5.25. The van der Waals surface area contributed by atoms with Crippen LogP contribution in [0.3, 0.4) is 0 Å². The summed E-state index contributed by atoms with van der Waals surface area (Å²) in [6.07, 6.45) is 3.62. The first-order valence-electron chi connectivity index (χ1n) is 9.83. The van der Waals surface area contributed by atoms with E-state index in [0.717, 1.165) is 32.4 Å². The van der Waals surface area contributed by atoms with Crippen molar-refractivity contribution >= 4 is 17.6 Å². The highest BCUT2D eigenvalue weighted by atomic mass is 19.1. The summed E-state index contributed by atoms with van der Waals surface area (Å²) in [5, 5.41) is 8.95. The van der Waals surface area contributed by atoms with Crippen LogP contribution in [0, 0.1) is 17.7 Å². The summed E-state index contributed by atoms with van der Waals surface area (Å²) in [6.45, 7) is 5.49. The van der Waals surface area contributed by atoms with Crippen LogP contribution in [0.2, 0.25) is 0 Å². The highest BCUT2D eigenvalue weighted by Crippen LogP contribution is 2.25. The smallest absolute Gasteiger partial charge is 0.319 e. The van der Waals surface area contributed by atoms with Gasteiger partial charge in [-0.05, 0) is 68.5 Å². The van der Waals surface area contributed by atoms with Gasteiger partial charge in [0.25, 0.3) is 0 Å². The molecule has 6 nitrogen and oxygen atoms in total. The zero-order chi connectivity index (χ0) is 19.2. The fourth-order valence-electron chi connectivity index (χ4n) is 3.97. The van der Waals surface area contributed by atoms with Gasteiger partial charge in [-0.15, -0.1) is 0 Å². The van der Waals surface area contributed by atoms with Crippen LogP contribution in [-0.2, 0) is 4.79 Å². The zero-order valence-electron chi connectivity index (χ0n) is 15.8. The lowest BCUT2D eigenvalue weighted by Gasteiger charge is -2.29. The standard InChI is InChI=1S/C20H29FN4O2/c1-14(15-6-9-22-10-7-15)12-19(26)25-11-8-18(13-25)24-20(27)23-17-4-2-16(21)3-5-17/h2-5,14-15,18,22H,6-13H2,1H3,(H2,23,24,27). The van der Waals surface area contributed by atoms with Crippen molar-refractivity contribution in [2.45, 2.75) is 38.6 Å². The van der Waals surface area contributed by atoms with Crippen molar-refractivity contribution < 1.29 is 14.0 Å². The molecule has 0 aliphatic carbocycles. The Kier molecular flexibility index (Phi) is 6.66. The highest BCUT2D eigenvalue weighted by Gasteiger charge is 2.29. The molecular weight excluding hydrogens is 347 g/mol. The maximum atomic E-state index is 12.9. The minimum Gasteiger partial charge on any atom is -0.341 e. The molecule has 2 fully saturated rings. The second-order valence-corrected chi connectivity index (χ2v) is 7.70. The van der Waals surface area contributed by atoms with Gasteiger partial charge in [0.05, 0.1) is 0 Å². The van der Waals surface area contributed by atoms with E-state index in [9.17, 15) is 14.0 Å². The molecule has 2 unspecified atom stereocenters. The Morgan fingerprint density at radius 2 is 1.93 bits per heavy atom. The fourth-order valence-corrected chi connectivity index (χ4v) is 3.97. The first-order chi connectivity index (χ1) is 13.0. The number of likely N-dealkylation sites (tertiary alicyclic amines) is 1. The third-order valence-corrected chi connectivity index (χ3v) is 5.66. The van der Waals surface area contributed by atoms with E-state index in [2.05, 4.69) is 22.9 Å². The van der Waals surface area contributed by atoms with E-state index in [1.165, 1.54) is 24.3 Å². The predicted octanol–water partition coefficient (Wildman–Crippen LogP) is 2.57. The molecule has 3 rings (SSSR count). The third kappa shape index (κ3) is 5.66. The number of amides is 3. The van der Waals surface area contributed by atoms with Crippen LogP contribution >= 0.6 is 0 Å². The number of urea groups is 1. The van der Waals surface area contributed by atoms with Gasteiger partial charge in [-0.2, -0.15) is 0 Å². The fraction of sp³-hybridized carbons (Fsp3) is 0.600. The molecule has 2 heterocycles. The van der Waals surface area contributed by atoms with Crippen LogP contribution in [-0.4, -0.2) is 49.1 Å². The number of hydrogen-bond acceptors (Lipinski definition) is 3. The third-order valence-electron chi connectivity index (χ3n) is 5.66. The topological polar surface area (TPSA) is 73.5 Å². The first-order valence-corrected chi connectivity index (χ1v) is 9.83. The molecular formula is C20H29FN4O2. The van der Waals surface area contributed by atoms with Crippen molar-refractivity contribution in [3.05, 3.63) is 30.1 Å². The average Bonchev–Trinajstić information content (AvgIpc) is 3.13. The van der Waals surface area contributed by atoms with E-state index in [4.69, 9.17) is 0 Å². The Hall–Kier alpha value is -2.15. The molecule has 2 saturated heterocycles. The second kappa shape index (κ2) is 9.17. The van der Waals surface area contributed by atoms with E-state index in [1.54, 1.807) is 0 Å². The van der Waals surface area contributed by atoms with Crippen molar-refractivity contribution in [2.24, 2.45) is 11.8 Å².